The van der Waals surface area contributed by atoms with E-state index in [1.54, 1.807) is 18.5 Å². The minimum atomic E-state index is -0.440. The molecule has 0 radical (unpaired) electrons. The fourth-order valence-corrected chi connectivity index (χ4v) is 1.88. The van der Waals surface area contributed by atoms with Crippen LogP contribution in [0.3, 0.4) is 0 Å². The third-order valence-corrected chi connectivity index (χ3v) is 2.93. The number of rotatable bonds is 5. The van der Waals surface area contributed by atoms with E-state index in [-0.39, 0.29) is 11.7 Å². The van der Waals surface area contributed by atoms with Gasteiger partial charge in [-0.2, -0.15) is 0 Å². The molecule has 2 aromatic rings. The highest BCUT2D eigenvalue weighted by molar-refractivity contribution is 5.57. The lowest BCUT2D eigenvalue weighted by Crippen LogP contribution is -2.07. The Labute approximate surface area is 116 Å². The number of nitrogens with one attached hydrogen (secondary N) is 1. The fourth-order valence-electron chi connectivity index (χ4n) is 1.88. The summed E-state index contributed by atoms with van der Waals surface area (Å²) in [4.78, 5) is 14.4. The molecule has 1 aromatic carbocycles. The Hall–Kier alpha value is -2.63. The lowest BCUT2D eigenvalue weighted by molar-refractivity contribution is -0.384. The van der Waals surface area contributed by atoms with Crippen molar-refractivity contribution in [2.45, 2.75) is 13.0 Å². The molecule has 0 aliphatic rings. The lowest BCUT2D eigenvalue weighted by Gasteiger charge is -2.16. The molecule has 2 rings (SSSR count). The maximum atomic E-state index is 10.9. The van der Waals surface area contributed by atoms with Crippen LogP contribution in [0.2, 0.25) is 0 Å². The topological polar surface area (TPSA) is 77.3 Å². The Bertz CT molecular complexity index is 602. The van der Waals surface area contributed by atoms with Gasteiger partial charge in [-0.25, -0.2) is 0 Å². The van der Waals surface area contributed by atoms with Crippen molar-refractivity contribution in [3.8, 4) is 5.75 Å². The van der Waals surface area contributed by atoms with Crippen molar-refractivity contribution in [1.29, 1.82) is 0 Å². The SMILES string of the molecule is COc1cc(NC(C)c2ccncc2)cc([N+](=O)[O-])c1. The molecule has 1 unspecified atom stereocenters. The second kappa shape index (κ2) is 6.01. The van der Waals surface area contributed by atoms with Gasteiger partial charge in [0, 0.05) is 36.3 Å². The molecule has 0 amide bonds. The summed E-state index contributed by atoms with van der Waals surface area (Å²) in [5, 5.41) is 14.1. The van der Waals surface area contributed by atoms with Gasteiger partial charge < -0.3 is 10.1 Å². The lowest BCUT2D eigenvalue weighted by atomic mass is 10.1. The summed E-state index contributed by atoms with van der Waals surface area (Å²) < 4.78 is 5.08. The molecule has 0 aliphatic carbocycles. The number of hydrogen-bond donors (Lipinski definition) is 1. The van der Waals surface area contributed by atoms with Gasteiger partial charge in [0.2, 0.25) is 0 Å². The molecule has 6 nitrogen and oxygen atoms in total. The number of pyridine rings is 1. The summed E-state index contributed by atoms with van der Waals surface area (Å²) in [6, 6.07) is 8.40. The predicted molar refractivity (Wildman–Crippen MR) is 75.9 cm³/mol. The van der Waals surface area contributed by atoms with Crippen molar-refractivity contribution in [2.75, 3.05) is 12.4 Å². The van der Waals surface area contributed by atoms with Crippen molar-refractivity contribution in [3.63, 3.8) is 0 Å². The Balaban J connectivity index is 2.24. The van der Waals surface area contributed by atoms with Crippen LogP contribution in [0.25, 0.3) is 0 Å². The van der Waals surface area contributed by atoms with E-state index in [9.17, 15) is 10.1 Å². The smallest absolute Gasteiger partial charge is 0.275 e. The maximum Gasteiger partial charge on any atom is 0.275 e. The van der Waals surface area contributed by atoms with Gasteiger partial charge in [-0.15, -0.1) is 0 Å². The predicted octanol–water partition coefficient (Wildman–Crippen LogP) is 3.17. The van der Waals surface area contributed by atoms with Crippen LogP contribution in [-0.2, 0) is 0 Å². The molecule has 1 aromatic heterocycles. The molecule has 0 fully saturated rings. The van der Waals surface area contributed by atoms with E-state index in [2.05, 4.69) is 10.3 Å². The molecule has 0 bridgehead atoms. The first-order chi connectivity index (χ1) is 9.60. The van der Waals surface area contributed by atoms with E-state index in [0.29, 0.717) is 11.4 Å². The largest absolute Gasteiger partial charge is 0.496 e. The molecule has 0 spiro atoms. The molecular formula is C14H15N3O3. The van der Waals surface area contributed by atoms with Crippen molar-refractivity contribution in [2.24, 2.45) is 0 Å². The van der Waals surface area contributed by atoms with Crippen LogP contribution in [0.1, 0.15) is 18.5 Å². The molecule has 20 heavy (non-hydrogen) atoms. The van der Waals surface area contributed by atoms with Gasteiger partial charge in [0.1, 0.15) is 5.75 Å². The third-order valence-electron chi connectivity index (χ3n) is 2.93. The van der Waals surface area contributed by atoms with Crippen molar-refractivity contribution in [1.82, 2.24) is 4.98 Å². The number of benzene rings is 1. The van der Waals surface area contributed by atoms with E-state index in [1.807, 2.05) is 19.1 Å². The zero-order chi connectivity index (χ0) is 14.5. The molecular weight excluding hydrogens is 258 g/mol. The fraction of sp³-hybridized carbons (Fsp3) is 0.214. The van der Waals surface area contributed by atoms with E-state index in [0.717, 1.165) is 5.56 Å². The van der Waals surface area contributed by atoms with Crippen LogP contribution in [0, 0.1) is 10.1 Å². The van der Waals surface area contributed by atoms with Gasteiger partial charge in [0.05, 0.1) is 18.1 Å². The highest BCUT2D eigenvalue weighted by Crippen LogP contribution is 2.28. The number of anilines is 1. The number of non-ortho nitro benzene ring substituents is 1. The number of aromatic nitrogens is 1. The van der Waals surface area contributed by atoms with E-state index in [4.69, 9.17) is 4.74 Å². The summed E-state index contributed by atoms with van der Waals surface area (Å²) in [7, 11) is 1.48. The number of hydrogen-bond acceptors (Lipinski definition) is 5. The number of methoxy groups -OCH3 is 1. The van der Waals surface area contributed by atoms with Gasteiger partial charge in [0.25, 0.3) is 5.69 Å². The molecule has 1 heterocycles. The second-order valence-corrected chi connectivity index (χ2v) is 4.32. The Morgan fingerprint density at radius 2 is 2.00 bits per heavy atom. The zero-order valence-electron chi connectivity index (χ0n) is 11.2. The number of nitrogens with zero attached hydrogens (tertiary/aromatic N) is 2. The minimum absolute atomic E-state index is 0.00436. The summed E-state index contributed by atoms with van der Waals surface area (Å²) in [5.41, 5.74) is 1.68. The second-order valence-electron chi connectivity index (χ2n) is 4.32. The van der Waals surface area contributed by atoms with Crippen LogP contribution in [0.5, 0.6) is 5.75 Å². The zero-order valence-corrected chi connectivity index (χ0v) is 11.2. The number of nitro groups is 1. The maximum absolute atomic E-state index is 10.9. The summed E-state index contributed by atoms with van der Waals surface area (Å²) in [6.07, 6.45) is 3.42. The minimum Gasteiger partial charge on any atom is -0.496 e. The van der Waals surface area contributed by atoms with Crippen LogP contribution < -0.4 is 10.1 Å². The highest BCUT2D eigenvalue weighted by Gasteiger charge is 2.12. The average molecular weight is 273 g/mol. The van der Waals surface area contributed by atoms with Gasteiger partial charge in [0.15, 0.2) is 0 Å². The number of nitro benzene ring substituents is 1. The average Bonchev–Trinajstić information content (AvgIpc) is 2.47. The monoisotopic (exact) mass is 273 g/mol. The van der Waals surface area contributed by atoms with Crippen molar-refractivity contribution >= 4 is 11.4 Å². The molecule has 104 valence electrons. The van der Waals surface area contributed by atoms with Crippen molar-refractivity contribution in [3.05, 3.63) is 58.4 Å². The molecule has 0 saturated heterocycles. The highest BCUT2D eigenvalue weighted by atomic mass is 16.6. The Morgan fingerprint density at radius 3 is 2.60 bits per heavy atom. The molecule has 6 heteroatoms. The Kier molecular flexibility index (Phi) is 4.14. The summed E-state index contributed by atoms with van der Waals surface area (Å²) in [6.45, 7) is 1.97. The van der Waals surface area contributed by atoms with Crippen LogP contribution in [-0.4, -0.2) is 17.0 Å². The van der Waals surface area contributed by atoms with Crippen molar-refractivity contribution < 1.29 is 9.66 Å². The first kappa shape index (κ1) is 13.8. The molecule has 0 aliphatic heterocycles. The quantitative estimate of drug-likeness (QED) is 0.668. The molecule has 1 N–H and O–H groups in total. The first-order valence-corrected chi connectivity index (χ1v) is 6.10. The standard InChI is InChI=1S/C14H15N3O3/c1-10(11-3-5-15-6-4-11)16-12-7-13(17(18)19)9-14(8-12)20-2/h3-10,16H,1-2H3. The molecule has 1 atom stereocenters. The van der Waals surface area contributed by atoms with Crippen LogP contribution in [0.15, 0.2) is 42.7 Å². The van der Waals surface area contributed by atoms with E-state index in [1.165, 1.54) is 19.2 Å². The van der Waals surface area contributed by atoms with E-state index < -0.39 is 4.92 Å². The van der Waals surface area contributed by atoms with Gasteiger partial charge >= 0.3 is 0 Å². The normalized spacial score (nSPS) is 11.7. The van der Waals surface area contributed by atoms with E-state index >= 15 is 0 Å². The van der Waals surface area contributed by atoms with Gasteiger partial charge in [-0.3, -0.25) is 15.1 Å². The molecule has 0 saturated carbocycles. The van der Waals surface area contributed by atoms with Crippen LogP contribution >= 0.6 is 0 Å². The number of ether oxygens (including phenoxy) is 1. The summed E-state index contributed by atoms with van der Waals surface area (Å²) >= 11 is 0. The third kappa shape index (κ3) is 3.23. The van der Waals surface area contributed by atoms with Gasteiger partial charge in [-0.05, 0) is 24.6 Å². The van der Waals surface area contributed by atoms with Gasteiger partial charge in [-0.1, -0.05) is 0 Å². The van der Waals surface area contributed by atoms with Crippen LogP contribution in [0.4, 0.5) is 11.4 Å². The summed E-state index contributed by atoms with van der Waals surface area (Å²) in [5.74, 6) is 0.448. The Morgan fingerprint density at radius 1 is 1.30 bits per heavy atom. The first-order valence-electron chi connectivity index (χ1n) is 6.10.